The number of hydrogen-bond acceptors (Lipinski definition) is 3. The number of esters is 1. The molecule has 2 aromatic rings. The number of ether oxygens (including phenoxy) is 1. The van der Waals surface area contributed by atoms with Crippen LogP contribution in [-0.2, 0) is 9.59 Å². The highest BCUT2D eigenvalue weighted by Crippen LogP contribution is 2.32. The van der Waals surface area contributed by atoms with E-state index in [2.05, 4.69) is 0 Å². The number of nitrogens with zero attached hydrogens (tertiary/aromatic N) is 1. The van der Waals surface area contributed by atoms with Gasteiger partial charge < -0.3 is 9.64 Å². The summed E-state index contributed by atoms with van der Waals surface area (Å²) in [6, 6.07) is 12.1. The molecule has 0 bridgehead atoms. The molecule has 4 nitrogen and oxygen atoms in total. The minimum atomic E-state index is -0.535. The molecule has 0 N–H and O–H groups in total. The third-order valence-corrected chi connectivity index (χ3v) is 4.76. The molecule has 6 heteroatoms. The molecule has 0 aromatic heterocycles. The van der Waals surface area contributed by atoms with Gasteiger partial charge in [0, 0.05) is 23.7 Å². The molecule has 24 heavy (non-hydrogen) atoms. The Hall–Kier alpha value is -2.04. The monoisotopic (exact) mass is 363 g/mol. The van der Waals surface area contributed by atoms with Crippen LogP contribution in [0.25, 0.3) is 0 Å². The zero-order chi connectivity index (χ0) is 17.3. The molecule has 1 aliphatic rings. The zero-order valence-electron chi connectivity index (χ0n) is 13.0. The number of benzene rings is 2. The SMILES string of the molecule is Cc1c(Cl)cccc1N1C[C@@H](C(=O)Oc2ccccc2Cl)CC1=O. The van der Waals surface area contributed by atoms with Crippen molar-refractivity contribution in [2.45, 2.75) is 13.3 Å². The molecule has 0 radical (unpaired) electrons. The third-order valence-electron chi connectivity index (χ3n) is 4.04. The van der Waals surface area contributed by atoms with Crippen molar-refractivity contribution in [1.82, 2.24) is 0 Å². The number of anilines is 1. The Morgan fingerprint density at radius 3 is 2.58 bits per heavy atom. The average molecular weight is 364 g/mol. The Kier molecular flexibility index (Phi) is 4.78. The van der Waals surface area contributed by atoms with Crippen LogP contribution in [0.15, 0.2) is 42.5 Å². The number of para-hydroxylation sites is 1. The van der Waals surface area contributed by atoms with Crippen LogP contribution in [-0.4, -0.2) is 18.4 Å². The summed E-state index contributed by atoms with van der Waals surface area (Å²) in [6.45, 7) is 2.11. The zero-order valence-corrected chi connectivity index (χ0v) is 14.5. The van der Waals surface area contributed by atoms with Gasteiger partial charge in [0.25, 0.3) is 0 Å². The second kappa shape index (κ2) is 6.83. The lowest BCUT2D eigenvalue weighted by molar-refractivity contribution is -0.139. The summed E-state index contributed by atoms with van der Waals surface area (Å²) in [4.78, 5) is 26.3. The minimum Gasteiger partial charge on any atom is -0.425 e. The van der Waals surface area contributed by atoms with Gasteiger partial charge >= 0.3 is 5.97 Å². The molecular formula is C18H15Cl2NO3. The van der Waals surface area contributed by atoms with Gasteiger partial charge in [0.2, 0.25) is 5.91 Å². The lowest BCUT2D eigenvalue weighted by Crippen LogP contribution is -2.27. The fourth-order valence-corrected chi connectivity index (χ4v) is 3.05. The summed E-state index contributed by atoms with van der Waals surface area (Å²) in [5, 5.41) is 0.945. The number of amides is 1. The van der Waals surface area contributed by atoms with Crippen molar-refractivity contribution in [2.24, 2.45) is 5.92 Å². The lowest BCUT2D eigenvalue weighted by Gasteiger charge is -2.19. The maximum atomic E-state index is 12.4. The number of carbonyl (C=O) groups is 2. The van der Waals surface area contributed by atoms with Gasteiger partial charge in [0.1, 0.15) is 5.75 Å². The van der Waals surface area contributed by atoms with Crippen molar-refractivity contribution >= 4 is 40.8 Å². The number of rotatable bonds is 3. The molecule has 1 aliphatic heterocycles. The first-order chi connectivity index (χ1) is 11.5. The maximum Gasteiger partial charge on any atom is 0.316 e. The second-order valence-electron chi connectivity index (χ2n) is 5.64. The van der Waals surface area contributed by atoms with Crippen LogP contribution in [0.3, 0.4) is 0 Å². The summed E-state index contributed by atoms with van der Waals surface area (Å²) in [5.41, 5.74) is 1.54. The topological polar surface area (TPSA) is 46.6 Å². The molecule has 0 saturated carbocycles. The van der Waals surface area contributed by atoms with Crippen molar-refractivity contribution in [1.29, 1.82) is 0 Å². The molecule has 0 aliphatic carbocycles. The Labute approximate surface area is 149 Å². The van der Waals surface area contributed by atoms with Crippen molar-refractivity contribution < 1.29 is 14.3 Å². The van der Waals surface area contributed by atoms with Crippen molar-refractivity contribution in [3.05, 3.63) is 58.1 Å². The fourth-order valence-electron chi connectivity index (χ4n) is 2.71. The molecule has 1 fully saturated rings. The van der Waals surface area contributed by atoms with E-state index in [0.29, 0.717) is 15.8 Å². The van der Waals surface area contributed by atoms with Crippen LogP contribution < -0.4 is 9.64 Å². The summed E-state index contributed by atoms with van der Waals surface area (Å²) in [6.07, 6.45) is 0.106. The van der Waals surface area contributed by atoms with Gasteiger partial charge in [0.05, 0.1) is 10.9 Å². The van der Waals surface area contributed by atoms with Gasteiger partial charge in [-0.15, -0.1) is 0 Å². The van der Waals surface area contributed by atoms with E-state index in [1.54, 1.807) is 41.3 Å². The minimum absolute atomic E-state index is 0.106. The van der Waals surface area contributed by atoms with Gasteiger partial charge in [0.15, 0.2) is 0 Å². The van der Waals surface area contributed by atoms with Crippen LogP contribution in [0.2, 0.25) is 10.0 Å². The first-order valence-corrected chi connectivity index (χ1v) is 8.24. The Bertz CT molecular complexity index is 807. The number of halogens is 2. The van der Waals surface area contributed by atoms with E-state index in [1.165, 1.54) is 0 Å². The molecule has 2 aromatic carbocycles. The summed E-state index contributed by atoms with van der Waals surface area (Å²) in [5.74, 6) is -0.818. The number of hydrogen-bond donors (Lipinski definition) is 0. The normalized spacial score (nSPS) is 17.2. The molecule has 1 heterocycles. The highest BCUT2D eigenvalue weighted by Gasteiger charge is 2.37. The summed E-state index contributed by atoms with van der Waals surface area (Å²) >= 11 is 12.1. The van der Waals surface area contributed by atoms with Gasteiger partial charge in [-0.05, 0) is 36.8 Å². The van der Waals surface area contributed by atoms with Crippen LogP contribution in [0, 0.1) is 12.8 Å². The Balaban J connectivity index is 1.76. The smallest absolute Gasteiger partial charge is 0.316 e. The molecular weight excluding hydrogens is 349 g/mol. The van der Waals surface area contributed by atoms with Gasteiger partial charge in [-0.3, -0.25) is 9.59 Å². The number of carbonyl (C=O) groups excluding carboxylic acids is 2. The fraction of sp³-hybridized carbons (Fsp3) is 0.222. The van der Waals surface area contributed by atoms with E-state index in [-0.39, 0.29) is 18.9 Å². The van der Waals surface area contributed by atoms with Gasteiger partial charge in [-0.25, -0.2) is 0 Å². The van der Waals surface area contributed by atoms with E-state index in [1.807, 2.05) is 13.0 Å². The molecule has 1 saturated heterocycles. The van der Waals surface area contributed by atoms with Crippen molar-refractivity contribution in [2.75, 3.05) is 11.4 Å². The van der Waals surface area contributed by atoms with E-state index in [4.69, 9.17) is 27.9 Å². The molecule has 1 amide bonds. The molecule has 3 rings (SSSR count). The summed E-state index contributed by atoms with van der Waals surface area (Å²) < 4.78 is 5.34. The maximum absolute atomic E-state index is 12.4. The van der Waals surface area contributed by atoms with E-state index in [9.17, 15) is 9.59 Å². The predicted octanol–water partition coefficient (Wildman–Crippen LogP) is 4.26. The lowest BCUT2D eigenvalue weighted by atomic mass is 10.1. The van der Waals surface area contributed by atoms with Crippen LogP contribution in [0.5, 0.6) is 5.75 Å². The van der Waals surface area contributed by atoms with Gasteiger partial charge in [-0.2, -0.15) is 0 Å². The summed E-state index contributed by atoms with van der Waals surface area (Å²) in [7, 11) is 0. The third kappa shape index (κ3) is 3.25. The van der Waals surface area contributed by atoms with Crippen molar-refractivity contribution in [3.63, 3.8) is 0 Å². The highest BCUT2D eigenvalue weighted by atomic mass is 35.5. The molecule has 124 valence electrons. The van der Waals surface area contributed by atoms with E-state index in [0.717, 1.165) is 11.3 Å². The largest absolute Gasteiger partial charge is 0.425 e. The standard InChI is InChI=1S/C18H15Cl2NO3/c1-11-13(19)6-4-7-15(11)21-10-12(9-17(21)22)18(23)24-16-8-3-2-5-14(16)20/h2-8,12H,9-10H2,1H3/t12-/m0/s1. The first kappa shape index (κ1) is 16.8. The molecule has 0 unspecified atom stereocenters. The molecule has 1 atom stereocenters. The van der Waals surface area contributed by atoms with E-state index >= 15 is 0 Å². The highest BCUT2D eigenvalue weighted by molar-refractivity contribution is 6.32. The van der Waals surface area contributed by atoms with Gasteiger partial charge in [-0.1, -0.05) is 41.4 Å². The van der Waals surface area contributed by atoms with Crippen LogP contribution >= 0.6 is 23.2 Å². The predicted molar refractivity (Wildman–Crippen MR) is 93.7 cm³/mol. The second-order valence-corrected chi connectivity index (χ2v) is 6.46. The molecule has 0 spiro atoms. The van der Waals surface area contributed by atoms with E-state index < -0.39 is 11.9 Å². The Morgan fingerprint density at radius 1 is 1.12 bits per heavy atom. The first-order valence-electron chi connectivity index (χ1n) is 7.49. The van der Waals surface area contributed by atoms with Crippen LogP contribution in [0.1, 0.15) is 12.0 Å². The quantitative estimate of drug-likeness (QED) is 0.604. The average Bonchev–Trinajstić information content (AvgIpc) is 2.94. The Morgan fingerprint density at radius 2 is 1.83 bits per heavy atom. The van der Waals surface area contributed by atoms with Crippen LogP contribution in [0.4, 0.5) is 5.69 Å². The van der Waals surface area contributed by atoms with Crippen molar-refractivity contribution in [3.8, 4) is 5.75 Å².